The van der Waals surface area contributed by atoms with Crippen molar-refractivity contribution in [3.05, 3.63) is 176 Å². The lowest BCUT2D eigenvalue weighted by Crippen LogP contribution is -1.97. The molecule has 0 aliphatic heterocycles. The second kappa shape index (κ2) is 9.87. The third-order valence-corrected chi connectivity index (χ3v) is 11.1. The highest BCUT2D eigenvalue weighted by atomic mass is 15.0. The Bertz CT molecular complexity index is 3210. The number of rotatable bonds is 4. The number of nitrogens with zero attached hydrogens (tertiary/aromatic N) is 3. The number of aromatic nitrogens is 3. The number of hydrogen-bond acceptors (Lipinski definition) is 0. The normalized spacial score (nSPS) is 12.3. The van der Waals surface area contributed by atoms with Gasteiger partial charge in [-0.2, -0.15) is 0 Å². The van der Waals surface area contributed by atoms with E-state index >= 15 is 0 Å². The molecule has 3 aromatic heterocycles. The van der Waals surface area contributed by atoms with Crippen LogP contribution in [0.1, 0.15) is 0 Å². The van der Waals surface area contributed by atoms with Gasteiger partial charge in [-0.05, 0) is 94.9 Å². The van der Waals surface area contributed by atoms with Gasteiger partial charge in [-0.15, -0.1) is 0 Å². The van der Waals surface area contributed by atoms with Gasteiger partial charge in [0.1, 0.15) is 0 Å². The lowest BCUT2D eigenvalue weighted by atomic mass is 9.98. The summed E-state index contributed by atoms with van der Waals surface area (Å²) in [4.78, 5) is 0. The van der Waals surface area contributed by atoms with Crippen molar-refractivity contribution >= 4 is 65.3 Å². The molecule has 3 heterocycles. The predicted octanol–water partition coefficient (Wildman–Crippen LogP) is 12.6. The van der Waals surface area contributed by atoms with E-state index in [1.807, 2.05) is 0 Å². The standard InChI is InChI=1S/C48H29N3/c1-3-12-33(13-4-1)49-38-18-8-7-11-32(38)29-43(49)30-21-25-35(26-22-30)51-40-20-10-17-37-36-16-9-19-39-45(36)47-41(50(39)34-14-5-2-6-15-34)27-23-31-24-28-42(51)48(44(31)47)46(37)40/h1-29H. The Labute approximate surface area is 293 Å². The second-order valence-electron chi connectivity index (χ2n) is 13.7. The molecule has 0 radical (unpaired) electrons. The van der Waals surface area contributed by atoms with E-state index in [9.17, 15) is 0 Å². The van der Waals surface area contributed by atoms with Gasteiger partial charge < -0.3 is 13.7 Å². The van der Waals surface area contributed by atoms with Gasteiger partial charge >= 0.3 is 0 Å². The molecule has 0 atom stereocenters. The third kappa shape index (κ3) is 3.52. The molecule has 0 unspecified atom stereocenters. The highest BCUT2D eigenvalue weighted by Gasteiger charge is 2.27. The molecule has 0 bridgehead atoms. The minimum atomic E-state index is 1.16. The molecule has 1 aliphatic carbocycles. The second-order valence-corrected chi connectivity index (χ2v) is 13.7. The molecule has 236 valence electrons. The van der Waals surface area contributed by atoms with Gasteiger partial charge in [-0.1, -0.05) is 103 Å². The number of benzene rings is 8. The first-order valence-electron chi connectivity index (χ1n) is 17.6. The molecule has 0 saturated carbocycles. The maximum Gasteiger partial charge on any atom is 0.0548 e. The highest BCUT2D eigenvalue weighted by Crippen LogP contribution is 2.51. The number of fused-ring (bicyclic) bond motifs is 2. The van der Waals surface area contributed by atoms with E-state index in [1.165, 1.54) is 93.4 Å². The van der Waals surface area contributed by atoms with Gasteiger partial charge in [0, 0.05) is 49.4 Å². The summed E-state index contributed by atoms with van der Waals surface area (Å²) >= 11 is 0. The van der Waals surface area contributed by atoms with E-state index in [2.05, 4.69) is 190 Å². The van der Waals surface area contributed by atoms with Crippen LogP contribution in [0.25, 0.3) is 105 Å². The Balaban J connectivity index is 1.14. The van der Waals surface area contributed by atoms with Crippen LogP contribution < -0.4 is 0 Å². The molecule has 8 aromatic carbocycles. The van der Waals surface area contributed by atoms with E-state index in [-0.39, 0.29) is 0 Å². The molecule has 51 heavy (non-hydrogen) atoms. The van der Waals surface area contributed by atoms with Crippen LogP contribution in [0, 0.1) is 0 Å². The molecule has 0 amide bonds. The average molecular weight is 648 g/mol. The van der Waals surface area contributed by atoms with Gasteiger partial charge in [-0.25, -0.2) is 0 Å². The zero-order chi connectivity index (χ0) is 33.2. The van der Waals surface area contributed by atoms with E-state index in [0.717, 1.165) is 11.4 Å². The topological polar surface area (TPSA) is 14.8 Å². The van der Waals surface area contributed by atoms with Crippen LogP contribution in [-0.4, -0.2) is 13.7 Å². The Morgan fingerprint density at radius 1 is 0.275 bits per heavy atom. The van der Waals surface area contributed by atoms with Crippen molar-refractivity contribution in [2.24, 2.45) is 0 Å². The molecular formula is C48H29N3. The van der Waals surface area contributed by atoms with Crippen LogP contribution in [0.2, 0.25) is 0 Å². The number of para-hydroxylation sites is 3. The van der Waals surface area contributed by atoms with Gasteiger partial charge in [0.05, 0.1) is 33.3 Å². The summed E-state index contributed by atoms with van der Waals surface area (Å²) in [5.74, 6) is 0. The van der Waals surface area contributed by atoms with E-state index < -0.39 is 0 Å². The van der Waals surface area contributed by atoms with Crippen molar-refractivity contribution in [1.82, 2.24) is 13.7 Å². The highest BCUT2D eigenvalue weighted by molar-refractivity contribution is 6.38. The lowest BCUT2D eigenvalue weighted by molar-refractivity contribution is 1.13. The Kier molecular flexibility index (Phi) is 5.23. The van der Waals surface area contributed by atoms with Crippen molar-refractivity contribution in [3.8, 4) is 39.4 Å². The zero-order valence-electron chi connectivity index (χ0n) is 27.6. The van der Waals surface area contributed by atoms with Crippen LogP contribution in [0.5, 0.6) is 0 Å². The largest absolute Gasteiger partial charge is 0.309 e. The Hall–Kier alpha value is -6.84. The summed E-state index contributed by atoms with van der Waals surface area (Å²) in [6.45, 7) is 0. The molecule has 3 heteroatoms. The Morgan fingerprint density at radius 2 is 0.765 bits per heavy atom. The smallest absolute Gasteiger partial charge is 0.0548 e. The molecule has 0 saturated heterocycles. The van der Waals surface area contributed by atoms with Gasteiger partial charge in [0.25, 0.3) is 0 Å². The van der Waals surface area contributed by atoms with Crippen molar-refractivity contribution in [2.75, 3.05) is 0 Å². The maximum absolute atomic E-state index is 2.47. The van der Waals surface area contributed by atoms with Crippen molar-refractivity contribution in [2.45, 2.75) is 0 Å². The maximum atomic E-state index is 2.47. The van der Waals surface area contributed by atoms with Crippen LogP contribution in [0.3, 0.4) is 0 Å². The van der Waals surface area contributed by atoms with Gasteiger partial charge in [0.15, 0.2) is 0 Å². The molecular weight excluding hydrogens is 619 g/mol. The van der Waals surface area contributed by atoms with E-state index in [1.54, 1.807) is 0 Å². The number of hydrogen-bond donors (Lipinski definition) is 0. The van der Waals surface area contributed by atoms with E-state index in [0.29, 0.717) is 0 Å². The molecule has 11 aromatic rings. The predicted molar refractivity (Wildman–Crippen MR) is 214 cm³/mol. The third-order valence-electron chi connectivity index (χ3n) is 11.1. The zero-order valence-corrected chi connectivity index (χ0v) is 27.6. The fourth-order valence-corrected chi connectivity index (χ4v) is 9.10. The van der Waals surface area contributed by atoms with E-state index in [4.69, 9.17) is 0 Å². The molecule has 3 nitrogen and oxygen atoms in total. The first-order valence-corrected chi connectivity index (χ1v) is 17.6. The van der Waals surface area contributed by atoms with Crippen molar-refractivity contribution < 1.29 is 0 Å². The molecule has 12 rings (SSSR count). The molecule has 0 spiro atoms. The fraction of sp³-hybridized carbons (Fsp3) is 0. The SMILES string of the molecule is c1ccc(-n2c(-c3ccc(-n4c5cccc6c5c5c7c(ccc8c7c7c-6cccc7n8-c6ccccc6)ccc54)cc3)cc3ccccc32)cc1. The van der Waals surface area contributed by atoms with Gasteiger partial charge in [0.2, 0.25) is 0 Å². The molecule has 0 fully saturated rings. The average Bonchev–Trinajstić information content (AvgIpc) is 3.84. The van der Waals surface area contributed by atoms with Crippen molar-refractivity contribution in [3.63, 3.8) is 0 Å². The summed E-state index contributed by atoms with van der Waals surface area (Å²) in [7, 11) is 0. The lowest BCUT2D eigenvalue weighted by Gasteiger charge is -2.13. The first-order chi connectivity index (χ1) is 25.3. The Morgan fingerprint density at radius 3 is 1.37 bits per heavy atom. The summed E-state index contributed by atoms with van der Waals surface area (Å²) in [6.07, 6.45) is 0. The summed E-state index contributed by atoms with van der Waals surface area (Å²) in [5, 5.41) is 9.19. The monoisotopic (exact) mass is 647 g/mol. The fourth-order valence-electron chi connectivity index (χ4n) is 9.10. The minimum Gasteiger partial charge on any atom is -0.309 e. The van der Waals surface area contributed by atoms with Crippen molar-refractivity contribution in [1.29, 1.82) is 0 Å². The summed E-state index contributed by atoms with van der Waals surface area (Å²) in [6, 6.07) is 64.5. The molecule has 0 N–H and O–H groups in total. The minimum absolute atomic E-state index is 1.16. The summed E-state index contributed by atoms with van der Waals surface area (Å²) in [5.41, 5.74) is 14.6. The molecule has 1 aliphatic rings. The van der Waals surface area contributed by atoms with Crippen LogP contribution >= 0.6 is 0 Å². The first kappa shape index (κ1) is 27.0. The summed E-state index contributed by atoms with van der Waals surface area (Å²) < 4.78 is 7.30. The van der Waals surface area contributed by atoms with Crippen LogP contribution in [-0.2, 0) is 0 Å². The van der Waals surface area contributed by atoms with Crippen LogP contribution in [0.4, 0.5) is 0 Å². The van der Waals surface area contributed by atoms with Gasteiger partial charge in [-0.3, -0.25) is 0 Å². The van der Waals surface area contributed by atoms with Crippen LogP contribution in [0.15, 0.2) is 176 Å². The quantitative estimate of drug-likeness (QED) is 0.181.